The highest BCUT2D eigenvalue weighted by Gasteiger charge is 2.17. The number of amides is 1. The van der Waals surface area contributed by atoms with Crippen LogP contribution in [0.3, 0.4) is 0 Å². The highest BCUT2D eigenvalue weighted by atomic mass is 16.5. The molecule has 110 valence electrons. The van der Waals surface area contributed by atoms with Gasteiger partial charge in [-0.1, -0.05) is 24.3 Å². The molecule has 1 atom stereocenters. The number of hydrogen-bond donors (Lipinski definition) is 1. The second-order valence-electron chi connectivity index (χ2n) is 4.84. The first-order chi connectivity index (χ1) is 10.1. The van der Waals surface area contributed by atoms with Crippen molar-refractivity contribution in [2.24, 2.45) is 0 Å². The molecule has 0 fully saturated rings. The fraction of sp³-hybridized carbons (Fsp3) is 0.294. The van der Waals surface area contributed by atoms with Crippen LogP contribution in [0.5, 0.6) is 5.88 Å². The molecule has 0 spiro atoms. The van der Waals surface area contributed by atoms with Crippen LogP contribution in [-0.2, 0) is 0 Å². The SMILES string of the molecule is CCOc1ncccc1C(=O)N[C@@H](C)c1ccccc1C. The van der Waals surface area contributed by atoms with E-state index in [0.717, 1.165) is 11.1 Å². The lowest BCUT2D eigenvalue weighted by molar-refractivity contribution is 0.0935. The Morgan fingerprint density at radius 1 is 1.29 bits per heavy atom. The van der Waals surface area contributed by atoms with Gasteiger partial charge < -0.3 is 10.1 Å². The maximum absolute atomic E-state index is 12.4. The van der Waals surface area contributed by atoms with Gasteiger partial charge in [0.25, 0.3) is 5.91 Å². The molecule has 4 heteroatoms. The normalized spacial score (nSPS) is 11.8. The number of aryl methyl sites for hydroxylation is 1. The van der Waals surface area contributed by atoms with E-state index in [2.05, 4.69) is 10.3 Å². The van der Waals surface area contributed by atoms with Gasteiger partial charge in [0.2, 0.25) is 5.88 Å². The molecule has 0 bridgehead atoms. The minimum Gasteiger partial charge on any atom is -0.477 e. The van der Waals surface area contributed by atoms with Crippen molar-refractivity contribution in [3.8, 4) is 5.88 Å². The van der Waals surface area contributed by atoms with Crippen LogP contribution in [0.15, 0.2) is 42.6 Å². The van der Waals surface area contributed by atoms with Gasteiger partial charge in [0.15, 0.2) is 0 Å². The van der Waals surface area contributed by atoms with Crippen molar-refractivity contribution in [3.63, 3.8) is 0 Å². The van der Waals surface area contributed by atoms with Crippen LogP contribution < -0.4 is 10.1 Å². The Balaban J connectivity index is 2.17. The Bertz CT molecular complexity index is 626. The Morgan fingerprint density at radius 3 is 2.76 bits per heavy atom. The van der Waals surface area contributed by atoms with Gasteiger partial charge in [0.05, 0.1) is 12.6 Å². The molecule has 0 aliphatic heterocycles. The third kappa shape index (κ3) is 3.60. The molecule has 1 aromatic heterocycles. The average Bonchev–Trinajstić information content (AvgIpc) is 2.48. The zero-order chi connectivity index (χ0) is 15.2. The van der Waals surface area contributed by atoms with Gasteiger partial charge in [0, 0.05) is 6.20 Å². The highest BCUT2D eigenvalue weighted by molar-refractivity contribution is 5.96. The molecule has 1 heterocycles. The van der Waals surface area contributed by atoms with Crippen molar-refractivity contribution in [3.05, 3.63) is 59.3 Å². The summed E-state index contributed by atoms with van der Waals surface area (Å²) in [6, 6.07) is 11.4. The zero-order valence-electron chi connectivity index (χ0n) is 12.6. The molecule has 0 aliphatic rings. The quantitative estimate of drug-likeness (QED) is 0.916. The van der Waals surface area contributed by atoms with Gasteiger partial charge in [0.1, 0.15) is 5.56 Å². The van der Waals surface area contributed by atoms with Crippen LogP contribution in [0.4, 0.5) is 0 Å². The number of ether oxygens (including phenoxy) is 1. The minimum atomic E-state index is -0.178. The standard InChI is InChI=1S/C17H20N2O2/c1-4-21-17-15(10-7-11-18-17)16(20)19-13(3)14-9-6-5-8-12(14)2/h5-11,13H,4H2,1-3H3,(H,19,20)/t13-/m0/s1. The summed E-state index contributed by atoms with van der Waals surface area (Å²) >= 11 is 0. The molecule has 1 aromatic carbocycles. The van der Waals surface area contributed by atoms with Crippen LogP contribution in [0, 0.1) is 6.92 Å². The van der Waals surface area contributed by atoms with Gasteiger partial charge in [-0.05, 0) is 44.0 Å². The molecule has 0 saturated carbocycles. The Kier molecular flexibility index (Phi) is 4.93. The lowest BCUT2D eigenvalue weighted by atomic mass is 10.0. The summed E-state index contributed by atoms with van der Waals surface area (Å²) in [6.45, 7) is 6.35. The first-order valence-corrected chi connectivity index (χ1v) is 7.07. The van der Waals surface area contributed by atoms with Crippen LogP contribution in [0.2, 0.25) is 0 Å². The first kappa shape index (κ1) is 15.0. The fourth-order valence-corrected chi connectivity index (χ4v) is 2.24. The molecular formula is C17H20N2O2. The third-order valence-corrected chi connectivity index (χ3v) is 3.30. The molecule has 0 aliphatic carbocycles. The van der Waals surface area contributed by atoms with E-state index in [4.69, 9.17) is 4.74 Å². The van der Waals surface area contributed by atoms with Crippen molar-refractivity contribution in [2.45, 2.75) is 26.8 Å². The van der Waals surface area contributed by atoms with E-state index in [0.29, 0.717) is 18.1 Å². The van der Waals surface area contributed by atoms with E-state index in [9.17, 15) is 4.79 Å². The molecular weight excluding hydrogens is 264 g/mol. The van der Waals surface area contributed by atoms with Crippen molar-refractivity contribution in [2.75, 3.05) is 6.61 Å². The summed E-state index contributed by atoms with van der Waals surface area (Å²) in [4.78, 5) is 16.5. The first-order valence-electron chi connectivity index (χ1n) is 7.07. The number of pyridine rings is 1. The zero-order valence-corrected chi connectivity index (χ0v) is 12.6. The monoisotopic (exact) mass is 284 g/mol. The highest BCUT2D eigenvalue weighted by Crippen LogP contribution is 2.19. The van der Waals surface area contributed by atoms with Crippen LogP contribution in [-0.4, -0.2) is 17.5 Å². The molecule has 1 amide bonds. The summed E-state index contributed by atoms with van der Waals surface area (Å²) in [5.74, 6) is 0.191. The maximum Gasteiger partial charge on any atom is 0.257 e. The minimum absolute atomic E-state index is 0.0756. The number of carbonyl (C=O) groups is 1. The van der Waals surface area contributed by atoms with Gasteiger partial charge in [-0.25, -0.2) is 4.98 Å². The number of benzene rings is 1. The van der Waals surface area contributed by atoms with Crippen molar-refractivity contribution in [1.82, 2.24) is 10.3 Å². The average molecular weight is 284 g/mol. The van der Waals surface area contributed by atoms with Gasteiger partial charge in [-0.3, -0.25) is 4.79 Å². The van der Waals surface area contributed by atoms with E-state index in [-0.39, 0.29) is 11.9 Å². The molecule has 21 heavy (non-hydrogen) atoms. The third-order valence-electron chi connectivity index (χ3n) is 3.30. The topological polar surface area (TPSA) is 51.2 Å². The number of carbonyl (C=O) groups excluding carboxylic acids is 1. The predicted octanol–water partition coefficient (Wildman–Crippen LogP) is 3.28. The van der Waals surface area contributed by atoms with Crippen LogP contribution in [0.1, 0.15) is 41.4 Å². The molecule has 1 N–H and O–H groups in total. The number of nitrogens with one attached hydrogen (secondary N) is 1. The summed E-state index contributed by atoms with van der Waals surface area (Å²) in [7, 11) is 0. The second-order valence-corrected chi connectivity index (χ2v) is 4.84. The smallest absolute Gasteiger partial charge is 0.257 e. The Morgan fingerprint density at radius 2 is 2.05 bits per heavy atom. The summed E-state index contributed by atoms with van der Waals surface area (Å²) < 4.78 is 5.40. The lowest BCUT2D eigenvalue weighted by Gasteiger charge is -2.17. The van der Waals surface area contributed by atoms with E-state index >= 15 is 0 Å². The molecule has 0 saturated heterocycles. The van der Waals surface area contributed by atoms with Gasteiger partial charge >= 0.3 is 0 Å². The molecule has 2 rings (SSSR count). The Hall–Kier alpha value is -2.36. The largest absolute Gasteiger partial charge is 0.477 e. The van der Waals surface area contributed by atoms with Gasteiger partial charge in [-0.2, -0.15) is 0 Å². The summed E-state index contributed by atoms with van der Waals surface area (Å²) in [6.07, 6.45) is 1.62. The van der Waals surface area contributed by atoms with Crippen molar-refractivity contribution in [1.29, 1.82) is 0 Å². The number of nitrogens with zero attached hydrogens (tertiary/aromatic N) is 1. The van der Waals surface area contributed by atoms with Crippen LogP contribution >= 0.6 is 0 Å². The number of aromatic nitrogens is 1. The van der Waals surface area contributed by atoms with Crippen molar-refractivity contribution >= 4 is 5.91 Å². The fourth-order valence-electron chi connectivity index (χ4n) is 2.24. The van der Waals surface area contributed by atoms with E-state index in [1.54, 1.807) is 18.3 Å². The number of rotatable bonds is 5. The number of hydrogen-bond acceptors (Lipinski definition) is 3. The van der Waals surface area contributed by atoms with Crippen molar-refractivity contribution < 1.29 is 9.53 Å². The molecule has 2 aromatic rings. The molecule has 0 radical (unpaired) electrons. The Labute approximate surface area is 125 Å². The van der Waals surface area contributed by atoms with E-state index in [1.165, 1.54) is 0 Å². The second kappa shape index (κ2) is 6.88. The lowest BCUT2D eigenvalue weighted by Crippen LogP contribution is -2.27. The molecule has 0 unspecified atom stereocenters. The van der Waals surface area contributed by atoms with Gasteiger partial charge in [-0.15, -0.1) is 0 Å². The summed E-state index contributed by atoms with van der Waals surface area (Å²) in [5.41, 5.74) is 2.72. The summed E-state index contributed by atoms with van der Waals surface area (Å²) in [5, 5.41) is 2.99. The van der Waals surface area contributed by atoms with Crippen LogP contribution in [0.25, 0.3) is 0 Å². The predicted molar refractivity (Wildman–Crippen MR) is 82.5 cm³/mol. The molecule has 4 nitrogen and oxygen atoms in total. The maximum atomic E-state index is 12.4. The van der Waals surface area contributed by atoms with E-state index in [1.807, 2.05) is 45.0 Å². The van der Waals surface area contributed by atoms with E-state index < -0.39 is 0 Å².